The molecule has 0 bridgehead atoms. The number of pyridine rings is 1. The molecule has 1 N–H and O–H groups in total. The van der Waals surface area contributed by atoms with Gasteiger partial charge >= 0.3 is 0 Å². The van der Waals surface area contributed by atoms with Gasteiger partial charge in [0.05, 0.1) is 12.2 Å². The number of hydrazone groups is 1. The summed E-state index contributed by atoms with van der Waals surface area (Å²) in [6.45, 7) is 0. The molecule has 20 heavy (non-hydrogen) atoms. The van der Waals surface area contributed by atoms with Gasteiger partial charge in [0.1, 0.15) is 5.69 Å². The summed E-state index contributed by atoms with van der Waals surface area (Å²) in [4.78, 5) is 26.0. The number of hydrogen-bond acceptors (Lipinski definition) is 5. The lowest BCUT2D eigenvalue weighted by molar-refractivity contribution is -0.255. The molecule has 0 atom stereocenters. The van der Waals surface area contributed by atoms with Gasteiger partial charge in [-0.05, 0) is 23.3 Å². The van der Waals surface area contributed by atoms with Crippen LogP contribution in [-0.2, 0) is 0 Å². The van der Waals surface area contributed by atoms with Crippen LogP contribution in [0.5, 0.6) is 0 Å². The van der Waals surface area contributed by atoms with Crippen molar-refractivity contribution in [3.63, 3.8) is 0 Å². The molecule has 0 radical (unpaired) electrons. The standard InChI is InChI=1S/C14H11N3O3/c18-13(12-3-1-2-8-15-12)17-16-9-10-4-6-11(7-5-10)14(19)20/h1-9H,(H,17,18)(H,19,20)/p-1. The molecule has 0 fully saturated rings. The molecule has 2 aromatic rings. The summed E-state index contributed by atoms with van der Waals surface area (Å²) in [5, 5.41) is 14.3. The van der Waals surface area contributed by atoms with Gasteiger partial charge in [0.2, 0.25) is 0 Å². The number of benzene rings is 1. The highest BCUT2D eigenvalue weighted by atomic mass is 16.4. The van der Waals surface area contributed by atoms with Crippen molar-refractivity contribution in [3.8, 4) is 0 Å². The second-order valence-corrected chi connectivity index (χ2v) is 3.82. The van der Waals surface area contributed by atoms with Crippen molar-refractivity contribution in [1.82, 2.24) is 10.4 Å². The van der Waals surface area contributed by atoms with Gasteiger partial charge in [0.15, 0.2) is 0 Å². The Morgan fingerprint density at radius 1 is 1.15 bits per heavy atom. The Morgan fingerprint density at radius 3 is 2.50 bits per heavy atom. The second kappa shape index (κ2) is 6.24. The van der Waals surface area contributed by atoms with Crippen molar-refractivity contribution in [1.29, 1.82) is 0 Å². The molecule has 1 heterocycles. The molecule has 1 aromatic heterocycles. The number of carbonyl (C=O) groups is 2. The van der Waals surface area contributed by atoms with Crippen LogP contribution in [0, 0.1) is 0 Å². The average molecular weight is 268 g/mol. The third-order valence-electron chi connectivity index (χ3n) is 2.42. The minimum Gasteiger partial charge on any atom is -0.545 e. The number of nitrogens with zero attached hydrogens (tertiary/aromatic N) is 2. The van der Waals surface area contributed by atoms with Crippen molar-refractivity contribution in [2.24, 2.45) is 5.10 Å². The Hall–Kier alpha value is -3.02. The van der Waals surface area contributed by atoms with E-state index >= 15 is 0 Å². The zero-order valence-corrected chi connectivity index (χ0v) is 10.3. The Labute approximate surface area is 114 Å². The summed E-state index contributed by atoms with van der Waals surface area (Å²) < 4.78 is 0. The number of aromatic carboxylic acids is 1. The van der Waals surface area contributed by atoms with E-state index in [-0.39, 0.29) is 11.3 Å². The fourth-order valence-corrected chi connectivity index (χ4v) is 1.43. The summed E-state index contributed by atoms with van der Waals surface area (Å²) in [6, 6.07) is 10.9. The van der Waals surface area contributed by atoms with Crippen LogP contribution in [0.4, 0.5) is 0 Å². The van der Waals surface area contributed by atoms with E-state index in [1.54, 1.807) is 30.3 Å². The highest BCUT2D eigenvalue weighted by Crippen LogP contribution is 2.01. The molecular weight excluding hydrogens is 258 g/mol. The number of rotatable bonds is 4. The van der Waals surface area contributed by atoms with Gasteiger partial charge in [0.25, 0.3) is 5.91 Å². The molecule has 6 nitrogen and oxygen atoms in total. The fraction of sp³-hybridized carbons (Fsp3) is 0. The predicted molar refractivity (Wildman–Crippen MR) is 70.1 cm³/mol. The molecule has 0 aliphatic heterocycles. The van der Waals surface area contributed by atoms with E-state index in [4.69, 9.17) is 0 Å². The third-order valence-corrected chi connectivity index (χ3v) is 2.42. The van der Waals surface area contributed by atoms with Gasteiger partial charge < -0.3 is 9.90 Å². The van der Waals surface area contributed by atoms with E-state index in [9.17, 15) is 14.7 Å². The van der Waals surface area contributed by atoms with Gasteiger partial charge in [0, 0.05) is 6.20 Å². The first-order valence-corrected chi connectivity index (χ1v) is 5.72. The summed E-state index contributed by atoms with van der Waals surface area (Å²) in [7, 11) is 0. The van der Waals surface area contributed by atoms with E-state index in [0.717, 1.165) is 0 Å². The Bertz CT molecular complexity index is 636. The van der Waals surface area contributed by atoms with E-state index < -0.39 is 11.9 Å². The second-order valence-electron chi connectivity index (χ2n) is 3.82. The molecule has 2 rings (SSSR count). The lowest BCUT2D eigenvalue weighted by Gasteiger charge is -2.01. The molecule has 6 heteroatoms. The van der Waals surface area contributed by atoms with Gasteiger partial charge in [-0.1, -0.05) is 30.3 Å². The normalized spacial score (nSPS) is 10.4. The average Bonchev–Trinajstić information content (AvgIpc) is 2.48. The summed E-state index contributed by atoms with van der Waals surface area (Å²) in [5.41, 5.74) is 3.32. The first-order chi connectivity index (χ1) is 9.66. The predicted octanol–water partition coefficient (Wildman–Crippen LogP) is 0.209. The smallest absolute Gasteiger partial charge is 0.289 e. The Balaban J connectivity index is 1.96. The molecule has 1 amide bonds. The van der Waals surface area contributed by atoms with Crippen LogP contribution in [-0.4, -0.2) is 23.1 Å². The van der Waals surface area contributed by atoms with Crippen LogP contribution in [0.1, 0.15) is 26.4 Å². The minimum atomic E-state index is -1.24. The van der Waals surface area contributed by atoms with E-state index in [2.05, 4.69) is 15.5 Å². The van der Waals surface area contributed by atoms with E-state index in [1.807, 2.05) is 0 Å². The molecular formula is C14H10N3O3-. The number of carboxylic acids is 1. The number of carbonyl (C=O) groups excluding carboxylic acids is 2. The highest BCUT2D eigenvalue weighted by Gasteiger charge is 2.03. The fourth-order valence-electron chi connectivity index (χ4n) is 1.43. The van der Waals surface area contributed by atoms with Crippen molar-refractivity contribution < 1.29 is 14.7 Å². The third kappa shape index (κ3) is 3.49. The number of aromatic nitrogens is 1. The van der Waals surface area contributed by atoms with E-state index in [0.29, 0.717) is 5.56 Å². The molecule has 0 aliphatic rings. The van der Waals surface area contributed by atoms with Gasteiger partial charge in [-0.3, -0.25) is 9.78 Å². The molecule has 0 unspecified atom stereocenters. The van der Waals surface area contributed by atoms with Crippen LogP contribution in [0.2, 0.25) is 0 Å². The Morgan fingerprint density at radius 2 is 1.90 bits per heavy atom. The number of nitrogens with one attached hydrogen (secondary N) is 1. The lowest BCUT2D eigenvalue weighted by Crippen LogP contribution is -2.22. The van der Waals surface area contributed by atoms with Crippen LogP contribution >= 0.6 is 0 Å². The molecule has 1 aromatic carbocycles. The molecule has 0 saturated carbocycles. The Kier molecular flexibility index (Phi) is 4.18. The van der Waals surface area contributed by atoms with Gasteiger partial charge in [-0.25, -0.2) is 5.43 Å². The summed E-state index contributed by atoms with van der Waals surface area (Å²) in [5.74, 6) is -1.66. The molecule has 100 valence electrons. The first-order valence-electron chi connectivity index (χ1n) is 5.72. The van der Waals surface area contributed by atoms with Crippen LogP contribution < -0.4 is 10.5 Å². The van der Waals surface area contributed by atoms with Crippen molar-refractivity contribution in [3.05, 3.63) is 65.5 Å². The molecule has 0 saturated heterocycles. The first kappa shape index (κ1) is 13.4. The maximum atomic E-state index is 11.6. The monoisotopic (exact) mass is 268 g/mol. The van der Waals surface area contributed by atoms with E-state index in [1.165, 1.54) is 24.5 Å². The largest absolute Gasteiger partial charge is 0.545 e. The van der Waals surface area contributed by atoms with Crippen molar-refractivity contribution in [2.45, 2.75) is 0 Å². The zero-order valence-electron chi connectivity index (χ0n) is 10.3. The maximum absolute atomic E-state index is 11.6. The van der Waals surface area contributed by atoms with Gasteiger partial charge in [-0.15, -0.1) is 0 Å². The summed E-state index contributed by atoms with van der Waals surface area (Å²) >= 11 is 0. The lowest BCUT2D eigenvalue weighted by atomic mass is 10.1. The quantitative estimate of drug-likeness (QED) is 0.633. The zero-order chi connectivity index (χ0) is 14.4. The SMILES string of the molecule is O=C([O-])c1ccc(C=NNC(=O)c2ccccn2)cc1. The maximum Gasteiger partial charge on any atom is 0.289 e. The topological polar surface area (TPSA) is 94.5 Å². The summed E-state index contributed by atoms with van der Waals surface area (Å²) in [6.07, 6.45) is 2.91. The van der Waals surface area contributed by atoms with Crippen LogP contribution in [0.3, 0.4) is 0 Å². The number of carboxylic acid groups (broad SMARTS) is 1. The van der Waals surface area contributed by atoms with Crippen LogP contribution in [0.15, 0.2) is 53.8 Å². The van der Waals surface area contributed by atoms with Crippen molar-refractivity contribution >= 4 is 18.1 Å². The number of hydrogen-bond donors (Lipinski definition) is 1. The van der Waals surface area contributed by atoms with Crippen LogP contribution in [0.25, 0.3) is 0 Å². The highest BCUT2D eigenvalue weighted by molar-refractivity contribution is 5.93. The minimum absolute atomic E-state index is 0.0830. The van der Waals surface area contributed by atoms with Crippen molar-refractivity contribution in [2.75, 3.05) is 0 Å². The molecule has 0 aliphatic carbocycles. The van der Waals surface area contributed by atoms with Gasteiger partial charge in [-0.2, -0.15) is 5.10 Å². The number of amides is 1. The molecule has 0 spiro atoms.